The summed E-state index contributed by atoms with van der Waals surface area (Å²) >= 11 is 6.13. The van der Waals surface area contributed by atoms with Gasteiger partial charge in [-0.1, -0.05) is 49.4 Å². The van der Waals surface area contributed by atoms with Gasteiger partial charge in [-0.25, -0.2) is 0 Å². The quantitative estimate of drug-likeness (QED) is 0.827. The summed E-state index contributed by atoms with van der Waals surface area (Å²) in [6, 6.07) is 6.07. The molecule has 0 aromatic heterocycles. The van der Waals surface area contributed by atoms with Crippen molar-refractivity contribution >= 4 is 23.2 Å². The van der Waals surface area contributed by atoms with Crippen LogP contribution >= 0.6 is 11.6 Å². The van der Waals surface area contributed by atoms with Gasteiger partial charge >= 0.3 is 0 Å². The predicted molar refractivity (Wildman–Crippen MR) is 84.3 cm³/mol. The first-order valence-corrected chi connectivity index (χ1v) is 7.83. The summed E-state index contributed by atoms with van der Waals surface area (Å²) in [6.45, 7) is 2.26. The molecule has 0 bridgehead atoms. The van der Waals surface area contributed by atoms with Crippen molar-refractivity contribution in [2.45, 2.75) is 51.5 Å². The second-order valence-electron chi connectivity index (χ2n) is 5.54. The summed E-state index contributed by atoms with van der Waals surface area (Å²) in [4.78, 5) is 12.0. The van der Waals surface area contributed by atoms with E-state index in [0.29, 0.717) is 11.1 Å². The number of benzene rings is 1. The van der Waals surface area contributed by atoms with E-state index in [1.807, 2.05) is 25.1 Å². The molecule has 110 valence electrons. The van der Waals surface area contributed by atoms with Crippen LogP contribution in [0, 0.1) is 6.92 Å². The average molecular weight is 295 g/mol. The highest BCUT2D eigenvalue weighted by atomic mass is 35.5. The molecule has 20 heavy (non-hydrogen) atoms. The molecular formula is C16H23ClN2O. The molecule has 1 amide bonds. The lowest BCUT2D eigenvalue weighted by Gasteiger charge is -2.17. The highest BCUT2D eigenvalue weighted by Crippen LogP contribution is 2.24. The Kier molecular flexibility index (Phi) is 5.72. The van der Waals surface area contributed by atoms with Crippen LogP contribution in [0.4, 0.5) is 5.69 Å². The van der Waals surface area contributed by atoms with Gasteiger partial charge in [0.15, 0.2) is 0 Å². The average Bonchev–Trinajstić information content (AvgIpc) is 2.67. The third-order valence-corrected chi connectivity index (χ3v) is 4.18. The van der Waals surface area contributed by atoms with Gasteiger partial charge in [0.2, 0.25) is 5.91 Å². The largest absolute Gasteiger partial charge is 0.375 e. The number of aryl methyl sites for hydroxylation is 1. The van der Waals surface area contributed by atoms with Gasteiger partial charge in [0.05, 0.1) is 17.3 Å². The molecule has 0 saturated heterocycles. The lowest BCUT2D eigenvalue weighted by molar-refractivity contribution is -0.120. The fourth-order valence-electron chi connectivity index (χ4n) is 2.73. The van der Waals surface area contributed by atoms with E-state index in [4.69, 9.17) is 11.6 Å². The van der Waals surface area contributed by atoms with Gasteiger partial charge in [-0.2, -0.15) is 0 Å². The zero-order valence-electron chi connectivity index (χ0n) is 12.0. The topological polar surface area (TPSA) is 41.1 Å². The van der Waals surface area contributed by atoms with Crippen molar-refractivity contribution in [3.05, 3.63) is 28.8 Å². The highest BCUT2D eigenvalue weighted by molar-refractivity contribution is 6.33. The number of hydrogen-bond donors (Lipinski definition) is 2. The second kappa shape index (κ2) is 7.53. The lowest BCUT2D eigenvalue weighted by Crippen LogP contribution is -2.38. The maximum absolute atomic E-state index is 12.0. The van der Waals surface area contributed by atoms with Crippen LogP contribution in [0.5, 0.6) is 0 Å². The van der Waals surface area contributed by atoms with Gasteiger partial charge in [0.1, 0.15) is 0 Å². The van der Waals surface area contributed by atoms with E-state index in [1.54, 1.807) is 0 Å². The van der Waals surface area contributed by atoms with E-state index in [2.05, 4.69) is 10.6 Å². The molecule has 0 radical (unpaired) electrons. The zero-order chi connectivity index (χ0) is 14.4. The van der Waals surface area contributed by atoms with Crippen LogP contribution in [0.2, 0.25) is 5.02 Å². The molecule has 0 aliphatic heterocycles. The van der Waals surface area contributed by atoms with Crippen LogP contribution in [-0.2, 0) is 4.79 Å². The number of halogens is 1. The molecule has 0 unspecified atom stereocenters. The van der Waals surface area contributed by atoms with E-state index in [9.17, 15) is 4.79 Å². The SMILES string of the molecule is Cc1cccc(Cl)c1NCC(=O)NC1CCCCCC1. The van der Waals surface area contributed by atoms with Crippen molar-refractivity contribution in [1.82, 2.24) is 5.32 Å². The van der Waals surface area contributed by atoms with Gasteiger partial charge in [-0.15, -0.1) is 0 Å². The first-order valence-electron chi connectivity index (χ1n) is 7.45. The molecule has 0 heterocycles. The molecule has 1 saturated carbocycles. The molecule has 1 aliphatic rings. The van der Waals surface area contributed by atoms with Crippen molar-refractivity contribution in [3.8, 4) is 0 Å². The van der Waals surface area contributed by atoms with Crippen molar-refractivity contribution in [2.24, 2.45) is 0 Å². The van der Waals surface area contributed by atoms with E-state index < -0.39 is 0 Å². The standard InChI is InChI=1S/C16H23ClN2O/c1-12-7-6-10-14(17)16(12)18-11-15(20)19-13-8-4-2-3-5-9-13/h6-7,10,13,18H,2-5,8-9,11H2,1H3,(H,19,20). The molecule has 0 spiro atoms. The molecule has 0 atom stereocenters. The molecule has 1 aliphatic carbocycles. The van der Waals surface area contributed by atoms with Gasteiger partial charge < -0.3 is 10.6 Å². The second-order valence-corrected chi connectivity index (χ2v) is 5.95. The Morgan fingerprint density at radius 1 is 1.25 bits per heavy atom. The predicted octanol–water partition coefficient (Wildman–Crippen LogP) is 3.90. The van der Waals surface area contributed by atoms with Crippen LogP contribution in [0.3, 0.4) is 0 Å². The van der Waals surface area contributed by atoms with Gasteiger partial charge in [-0.3, -0.25) is 4.79 Å². The Morgan fingerprint density at radius 3 is 2.60 bits per heavy atom. The lowest BCUT2D eigenvalue weighted by atomic mass is 10.1. The van der Waals surface area contributed by atoms with Crippen LogP contribution < -0.4 is 10.6 Å². The van der Waals surface area contributed by atoms with E-state index in [1.165, 1.54) is 25.7 Å². The monoisotopic (exact) mass is 294 g/mol. The maximum Gasteiger partial charge on any atom is 0.239 e. The van der Waals surface area contributed by atoms with Crippen molar-refractivity contribution in [3.63, 3.8) is 0 Å². The number of nitrogens with one attached hydrogen (secondary N) is 2. The Bertz CT molecular complexity index is 434. The molecule has 1 aromatic rings. The summed E-state index contributed by atoms with van der Waals surface area (Å²) in [6.07, 6.45) is 7.25. The number of hydrogen-bond acceptors (Lipinski definition) is 2. The number of para-hydroxylation sites is 1. The number of amides is 1. The van der Waals surface area contributed by atoms with Crippen molar-refractivity contribution in [1.29, 1.82) is 0 Å². The summed E-state index contributed by atoms with van der Waals surface area (Å²) in [7, 11) is 0. The molecule has 3 nitrogen and oxygen atoms in total. The smallest absolute Gasteiger partial charge is 0.239 e. The van der Waals surface area contributed by atoms with Crippen LogP contribution in [0.15, 0.2) is 18.2 Å². The van der Waals surface area contributed by atoms with Crippen LogP contribution in [0.25, 0.3) is 0 Å². The van der Waals surface area contributed by atoms with Gasteiger partial charge in [-0.05, 0) is 31.4 Å². The van der Waals surface area contributed by atoms with Crippen molar-refractivity contribution in [2.75, 3.05) is 11.9 Å². The molecule has 1 fully saturated rings. The third-order valence-electron chi connectivity index (χ3n) is 3.87. The fraction of sp³-hybridized carbons (Fsp3) is 0.562. The minimum absolute atomic E-state index is 0.0521. The number of carbonyl (C=O) groups excluding carboxylic acids is 1. The molecule has 2 N–H and O–H groups in total. The van der Waals surface area contributed by atoms with Gasteiger partial charge in [0.25, 0.3) is 0 Å². The Morgan fingerprint density at radius 2 is 1.95 bits per heavy atom. The summed E-state index contributed by atoms with van der Waals surface area (Å²) in [5.41, 5.74) is 1.91. The minimum atomic E-state index is 0.0521. The molecule has 4 heteroatoms. The minimum Gasteiger partial charge on any atom is -0.375 e. The van der Waals surface area contributed by atoms with E-state index >= 15 is 0 Å². The Labute approximate surface area is 126 Å². The zero-order valence-corrected chi connectivity index (χ0v) is 12.8. The number of rotatable bonds is 4. The summed E-state index contributed by atoms with van der Waals surface area (Å²) in [5.74, 6) is 0.0521. The number of carbonyl (C=O) groups is 1. The molecular weight excluding hydrogens is 272 g/mol. The van der Waals surface area contributed by atoms with E-state index in [0.717, 1.165) is 24.1 Å². The van der Waals surface area contributed by atoms with Crippen LogP contribution in [-0.4, -0.2) is 18.5 Å². The molecule has 2 rings (SSSR count). The Hall–Kier alpha value is -1.22. The van der Waals surface area contributed by atoms with Crippen molar-refractivity contribution < 1.29 is 4.79 Å². The van der Waals surface area contributed by atoms with Crippen LogP contribution in [0.1, 0.15) is 44.1 Å². The van der Waals surface area contributed by atoms with E-state index in [-0.39, 0.29) is 12.5 Å². The first-order chi connectivity index (χ1) is 9.66. The normalized spacial score (nSPS) is 16.5. The fourth-order valence-corrected chi connectivity index (χ4v) is 3.02. The summed E-state index contributed by atoms with van der Waals surface area (Å²) < 4.78 is 0. The Balaban J connectivity index is 1.82. The third kappa shape index (κ3) is 4.41. The summed E-state index contributed by atoms with van der Waals surface area (Å²) in [5, 5.41) is 6.93. The molecule has 1 aromatic carbocycles. The van der Waals surface area contributed by atoms with Gasteiger partial charge in [0, 0.05) is 6.04 Å². The maximum atomic E-state index is 12.0. The number of anilines is 1. The highest BCUT2D eigenvalue weighted by Gasteiger charge is 2.14. The first kappa shape index (κ1) is 15.2.